The van der Waals surface area contributed by atoms with Crippen molar-refractivity contribution in [2.24, 2.45) is 5.92 Å². The minimum atomic E-state index is -0.158. The number of hydrogen-bond donors (Lipinski definition) is 1. The Balaban J connectivity index is 1.51. The number of hydrogen-bond acceptors (Lipinski definition) is 8. The van der Waals surface area contributed by atoms with Crippen molar-refractivity contribution in [2.45, 2.75) is 25.8 Å². The van der Waals surface area contributed by atoms with E-state index in [2.05, 4.69) is 46.2 Å². The molecule has 166 valence electrons. The number of aromatic nitrogens is 3. The average molecular weight is 453 g/mol. The maximum Gasteiger partial charge on any atom is 0.308 e. The zero-order chi connectivity index (χ0) is 22.2. The molecule has 1 N–H and O–H groups in total. The van der Waals surface area contributed by atoms with Gasteiger partial charge in [-0.1, -0.05) is 41.2 Å². The molecule has 4 aromatic rings. The third-order valence-corrected chi connectivity index (χ3v) is 7.08. The van der Waals surface area contributed by atoms with Crippen LogP contribution in [0.3, 0.4) is 0 Å². The number of methoxy groups -OCH3 is 1. The van der Waals surface area contributed by atoms with Gasteiger partial charge in [0.25, 0.3) is 0 Å². The van der Waals surface area contributed by atoms with E-state index < -0.39 is 0 Å². The number of esters is 1. The minimum Gasteiger partial charge on any atom is -0.492 e. The number of likely N-dealkylation sites (tertiary alicyclic amines) is 1. The van der Waals surface area contributed by atoms with Gasteiger partial charge < -0.3 is 14.3 Å². The largest absolute Gasteiger partial charge is 0.492 e. The number of rotatable bonds is 5. The molecule has 32 heavy (non-hydrogen) atoms. The molecular weight excluding hydrogens is 428 g/mol. The van der Waals surface area contributed by atoms with Crippen LogP contribution in [0.25, 0.3) is 16.5 Å². The Bertz CT molecular complexity index is 1220. The van der Waals surface area contributed by atoms with Crippen LogP contribution in [0.2, 0.25) is 0 Å². The molecule has 0 amide bonds. The lowest BCUT2D eigenvalue weighted by atomic mass is 9.93. The highest BCUT2D eigenvalue weighted by Crippen LogP contribution is 2.41. The normalized spacial score (nSPS) is 16.4. The predicted molar refractivity (Wildman–Crippen MR) is 120 cm³/mol. The molecule has 1 aliphatic heterocycles. The summed E-state index contributed by atoms with van der Waals surface area (Å²) in [7, 11) is 1.44. The van der Waals surface area contributed by atoms with E-state index in [1.807, 2.05) is 0 Å². The first-order chi connectivity index (χ1) is 15.5. The second kappa shape index (κ2) is 8.40. The average Bonchev–Trinajstić information content (AvgIpc) is 3.54. The molecule has 0 aliphatic carbocycles. The number of thiazole rings is 1. The summed E-state index contributed by atoms with van der Waals surface area (Å²) in [6.07, 6.45) is 3.01. The number of carbonyl (C=O) groups excluding carboxylic acids is 1. The monoisotopic (exact) mass is 452 g/mol. The molecule has 0 bridgehead atoms. The van der Waals surface area contributed by atoms with E-state index in [4.69, 9.17) is 9.15 Å². The third kappa shape index (κ3) is 3.67. The minimum absolute atomic E-state index is 0.0796. The number of furan rings is 1. The maximum absolute atomic E-state index is 12.0. The van der Waals surface area contributed by atoms with Crippen LogP contribution in [0.5, 0.6) is 5.88 Å². The van der Waals surface area contributed by atoms with E-state index in [1.54, 1.807) is 18.4 Å². The second-order valence-corrected chi connectivity index (χ2v) is 9.05. The van der Waals surface area contributed by atoms with Crippen LogP contribution in [0.4, 0.5) is 0 Å². The predicted octanol–water partition coefficient (Wildman–Crippen LogP) is 4.04. The number of nitrogens with zero attached hydrogens (tertiary/aromatic N) is 4. The van der Waals surface area contributed by atoms with E-state index in [-0.39, 0.29) is 23.8 Å². The van der Waals surface area contributed by atoms with Crippen molar-refractivity contribution in [2.75, 3.05) is 20.2 Å². The molecule has 3 aromatic heterocycles. The summed E-state index contributed by atoms with van der Waals surface area (Å²) >= 11 is 1.42. The van der Waals surface area contributed by atoms with E-state index in [1.165, 1.54) is 28.5 Å². The van der Waals surface area contributed by atoms with E-state index in [9.17, 15) is 9.90 Å². The molecule has 5 rings (SSSR count). The number of aryl methyl sites for hydroxylation is 1. The fourth-order valence-electron chi connectivity index (χ4n) is 4.28. The Morgan fingerprint density at radius 3 is 2.62 bits per heavy atom. The summed E-state index contributed by atoms with van der Waals surface area (Å²) in [5, 5.41) is 15.6. The standard InChI is InChI=1S/C23H24N4O4S/c1-14-5-7-15(8-6-14)18(26-11-9-16(10-12-26)22(29)30-2)19-21(28)27-23(32-19)24-20(25-27)17-4-3-13-31-17/h3-8,13,16,18,28H,9-12H2,1-2H3/t18-/m1/s1. The van der Waals surface area contributed by atoms with Gasteiger partial charge in [-0.05, 0) is 50.6 Å². The quantitative estimate of drug-likeness (QED) is 0.457. The summed E-state index contributed by atoms with van der Waals surface area (Å²) in [6, 6.07) is 11.7. The molecule has 1 atom stereocenters. The number of benzene rings is 1. The molecule has 0 unspecified atom stereocenters. The summed E-state index contributed by atoms with van der Waals surface area (Å²) in [4.78, 5) is 20.2. The van der Waals surface area contributed by atoms with Crippen LogP contribution in [-0.2, 0) is 9.53 Å². The number of carbonyl (C=O) groups is 1. The van der Waals surface area contributed by atoms with Crippen molar-refractivity contribution >= 4 is 22.3 Å². The van der Waals surface area contributed by atoms with E-state index >= 15 is 0 Å². The molecule has 1 saturated heterocycles. The van der Waals surface area contributed by atoms with Crippen LogP contribution < -0.4 is 0 Å². The summed E-state index contributed by atoms with van der Waals surface area (Å²) in [5.74, 6) is 0.844. The van der Waals surface area contributed by atoms with Crippen molar-refractivity contribution in [3.05, 3.63) is 58.7 Å². The Kier molecular flexibility index (Phi) is 5.44. The fourth-order valence-corrected chi connectivity index (χ4v) is 5.39. The molecule has 0 spiro atoms. The fraction of sp³-hybridized carbons (Fsp3) is 0.348. The smallest absolute Gasteiger partial charge is 0.308 e. The van der Waals surface area contributed by atoms with Gasteiger partial charge in [-0.2, -0.15) is 9.50 Å². The van der Waals surface area contributed by atoms with Gasteiger partial charge in [0.05, 0.1) is 30.2 Å². The van der Waals surface area contributed by atoms with Gasteiger partial charge in [0.15, 0.2) is 5.76 Å². The first-order valence-corrected chi connectivity index (χ1v) is 11.4. The molecule has 9 heteroatoms. The molecular formula is C23H24N4O4S. The zero-order valence-corrected chi connectivity index (χ0v) is 18.7. The topological polar surface area (TPSA) is 93.1 Å². The molecule has 1 aliphatic rings. The number of fused-ring (bicyclic) bond motifs is 1. The molecule has 8 nitrogen and oxygen atoms in total. The number of ether oxygens (including phenoxy) is 1. The Hall–Kier alpha value is -3.17. The van der Waals surface area contributed by atoms with E-state index in [0.717, 1.165) is 36.4 Å². The molecule has 0 saturated carbocycles. The maximum atomic E-state index is 12.0. The first-order valence-electron chi connectivity index (χ1n) is 10.6. The molecule has 1 fully saturated rings. The van der Waals surface area contributed by atoms with Gasteiger partial charge in [-0.3, -0.25) is 9.69 Å². The van der Waals surface area contributed by atoms with Crippen LogP contribution in [-0.4, -0.2) is 50.8 Å². The summed E-state index contributed by atoms with van der Waals surface area (Å²) in [5.41, 5.74) is 2.25. The second-order valence-electron chi connectivity index (χ2n) is 8.04. The lowest BCUT2D eigenvalue weighted by Crippen LogP contribution is -2.39. The number of piperidine rings is 1. The first kappa shape index (κ1) is 20.7. The van der Waals surface area contributed by atoms with Crippen molar-refractivity contribution in [1.29, 1.82) is 0 Å². The highest BCUT2D eigenvalue weighted by Gasteiger charge is 2.34. The SMILES string of the molecule is COC(=O)C1CCN([C@H](c2ccc(C)cc2)c2sc3nc(-c4ccco4)nn3c2O)CC1. The van der Waals surface area contributed by atoms with Crippen molar-refractivity contribution in [3.63, 3.8) is 0 Å². The van der Waals surface area contributed by atoms with E-state index in [0.29, 0.717) is 16.5 Å². The van der Waals surface area contributed by atoms with Crippen molar-refractivity contribution in [3.8, 4) is 17.5 Å². The number of aromatic hydroxyl groups is 1. The van der Waals surface area contributed by atoms with Crippen molar-refractivity contribution in [1.82, 2.24) is 19.5 Å². The molecule has 4 heterocycles. The van der Waals surface area contributed by atoms with Gasteiger partial charge in [0, 0.05) is 0 Å². The highest BCUT2D eigenvalue weighted by atomic mass is 32.1. The van der Waals surface area contributed by atoms with Gasteiger partial charge in [0.2, 0.25) is 16.7 Å². The Morgan fingerprint density at radius 2 is 2.00 bits per heavy atom. The van der Waals surface area contributed by atoms with Crippen molar-refractivity contribution < 1.29 is 19.1 Å². The Labute approximate surface area is 189 Å². The lowest BCUT2D eigenvalue weighted by Gasteiger charge is -2.36. The van der Waals surface area contributed by atoms with Crippen LogP contribution in [0.15, 0.2) is 47.1 Å². The van der Waals surface area contributed by atoms with Gasteiger partial charge >= 0.3 is 5.97 Å². The molecule has 0 radical (unpaired) electrons. The zero-order valence-electron chi connectivity index (χ0n) is 17.9. The Morgan fingerprint density at radius 1 is 1.25 bits per heavy atom. The van der Waals surface area contributed by atoms with Gasteiger partial charge in [-0.15, -0.1) is 5.10 Å². The molecule has 1 aromatic carbocycles. The highest BCUT2D eigenvalue weighted by molar-refractivity contribution is 7.17. The van der Waals surface area contributed by atoms with Gasteiger partial charge in [0.1, 0.15) is 0 Å². The summed E-state index contributed by atoms with van der Waals surface area (Å²) < 4.78 is 11.8. The van der Waals surface area contributed by atoms with Crippen LogP contribution >= 0.6 is 11.3 Å². The summed E-state index contributed by atoms with van der Waals surface area (Å²) in [6.45, 7) is 3.50. The third-order valence-electron chi connectivity index (χ3n) is 6.01. The van der Waals surface area contributed by atoms with Crippen LogP contribution in [0, 0.1) is 12.8 Å². The van der Waals surface area contributed by atoms with Gasteiger partial charge in [-0.25, -0.2) is 0 Å². The lowest BCUT2D eigenvalue weighted by molar-refractivity contribution is -0.147. The van der Waals surface area contributed by atoms with Crippen LogP contribution in [0.1, 0.15) is 34.9 Å².